The van der Waals surface area contributed by atoms with E-state index in [1.165, 1.54) is 11.0 Å². The van der Waals surface area contributed by atoms with E-state index < -0.39 is 17.9 Å². The van der Waals surface area contributed by atoms with E-state index in [4.69, 9.17) is 14.2 Å². The van der Waals surface area contributed by atoms with Gasteiger partial charge in [0.15, 0.2) is 16.7 Å². The maximum atomic E-state index is 14.2. The number of carbonyl (C=O) groups excluding carboxylic acids is 3. The molecule has 0 aromatic heterocycles. The molecule has 0 atom stereocenters. The SMILES string of the molecule is C=C/C=C\C(=C/C)N1C(=O)/C(=C/c2cc(Br)c(OCc3ccc4c(c3)OCO4)c(I)c2)C(=O)N=C1SCC(=O)NC(c1ccccc1)c1ccccc1. The van der Waals surface area contributed by atoms with Crippen LogP contribution in [0.4, 0.5) is 0 Å². The summed E-state index contributed by atoms with van der Waals surface area (Å²) in [6, 6.07) is 28.2. The third-order valence-electron chi connectivity index (χ3n) is 8.06. The number of hydrogen-bond acceptors (Lipinski definition) is 7. The Hall–Kier alpha value is -4.92. The Labute approximate surface area is 333 Å². The van der Waals surface area contributed by atoms with E-state index in [9.17, 15) is 14.4 Å². The Morgan fingerprint density at radius 1 is 1.04 bits per heavy atom. The lowest BCUT2D eigenvalue weighted by Gasteiger charge is -2.28. The van der Waals surface area contributed by atoms with Gasteiger partial charge in [0.25, 0.3) is 11.8 Å². The number of rotatable bonds is 12. The predicted octanol–water partition coefficient (Wildman–Crippen LogP) is 8.75. The number of nitrogens with one attached hydrogen (secondary N) is 1. The van der Waals surface area contributed by atoms with Crippen molar-refractivity contribution in [3.63, 3.8) is 0 Å². The average molecular weight is 903 g/mol. The van der Waals surface area contributed by atoms with Crippen molar-refractivity contribution in [2.24, 2.45) is 4.99 Å². The van der Waals surface area contributed by atoms with Crippen molar-refractivity contribution >= 4 is 79.2 Å². The highest BCUT2D eigenvalue weighted by Gasteiger charge is 2.35. The number of hydrogen-bond donors (Lipinski definition) is 1. The number of amides is 3. The lowest BCUT2D eigenvalue weighted by molar-refractivity contribution is -0.126. The standard InChI is InChI=1S/C41H33BrIN3O6S/c1-3-5-16-30(4-2)46-40(49)31(19-27-20-32(42)38(33(43)21-27)50-23-26-17-18-34-35(22-26)52-25-51-34)39(48)45-41(46)53-24-36(47)44-37(28-12-8-6-9-13-28)29-14-10-7-11-15-29/h3-22,37H,1,23-25H2,2H3,(H,44,47)/b16-5-,30-4+,31-19+. The maximum Gasteiger partial charge on any atom is 0.285 e. The van der Waals surface area contributed by atoms with Gasteiger partial charge in [-0.1, -0.05) is 103 Å². The summed E-state index contributed by atoms with van der Waals surface area (Å²) < 4.78 is 18.4. The van der Waals surface area contributed by atoms with Crippen molar-refractivity contribution in [1.82, 2.24) is 10.2 Å². The Kier molecular flexibility index (Phi) is 12.7. The molecule has 53 heavy (non-hydrogen) atoms. The predicted molar refractivity (Wildman–Crippen MR) is 219 cm³/mol. The van der Waals surface area contributed by atoms with Crippen LogP contribution in [-0.4, -0.2) is 40.3 Å². The molecule has 0 radical (unpaired) electrons. The van der Waals surface area contributed by atoms with Crippen LogP contribution in [0.2, 0.25) is 0 Å². The Bertz CT molecular complexity index is 2110. The van der Waals surface area contributed by atoms with Gasteiger partial charge in [0.2, 0.25) is 12.7 Å². The van der Waals surface area contributed by atoms with Crippen molar-refractivity contribution in [2.45, 2.75) is 19.6 Å². The molecule has 9 nitrogen and oxygen atoms in total. The second-order valence-electron chi connectivity index (χ2n) is 11.6. The monoisotopic (exact) mass is 901 g/mol. The van der Waals surface area contributed by atoms with Crippen molar-refractivity contribution < 1.29 is 28.6 Å². The zero-order valence-corrected chi connectivity index (χ0v) is 33.0. The van der Waals surface area contributed by atoms with Crippen LogP contribution in [0.25, 0.3) is 6.08 Å². The van der Waals surface area contributed by atoms with E-state index in [-0.39, 0.29) is 35.8 Å². The number of thioether (sulfide) groups is 1. The largest absolute Gasteiger partial charge is 0.487 e. The van der Waals surface area contributed by atoms with Gasteiger partial charge in [-0.15, -0.1) is 0 Å². The summed E-state index contributed by atoms with van der Waals surface area (Å²) in [5.41, 5.74) is 3.68. The Morgan fingerprint density at radius 2 is 1.74 bits per heavy atom. The number of carbonyl (C=O) groups is 3. The number of aliphatic imine (C=N–C) groups is 1. The average Bonchev–Trinajstić information content (AvgIpc) is 3.64. The van der Waals surface area contributed by atoms with Crippen LogP contribution in [-0.2, 0) is 21.0 Å². The topological polar surface area (TPSA) is 107 Å². The summed E-state index contributed by atoms with van der Waals surface area (Å²) in [6.45, 7) is 5.99. The molecule has 12 heteroatoms. The molecule has 4 aromatic rings. The summed E-state index contributed by atoms with van der Waals surface area (Å²) in [4.78, 5) is 46.8. The quantitative estimate of drug-likeness (QED) is 0.0657. The number of amidine groups is 1. The highest BCUT2D eigenvalue weighted by molar-refractivity contribution is 14.1. The van der Waals surface area contributed by atoms with Crippen molar-refractivity contribution in [1.29, 1.82) is 0 Å². The minimum Gasteiger partial charge on any atom is -0.487 e. The first kappa shape index (κ1) is 37.8. The Balaban J connectivity index is 1.22. The molecule has 2 aliphatic rings. The van der Waals surface area contributed by atoms with Crippen LogP contribution in [0.15, 0.2) is 143 Å². The molecule has 268 valence electrons. The normalized spacial score (nSPS) is 14.9. The number of benzene rings is 4. The second-order valence-corrected chi connectivity index (χ2v) is 14.6. The number of fused-ring (bicyclic) bond motifs is 1. The smallest absolute Gasteiger partial charge is 0.285 e. The fourth-order valence-corrected chi connectivity index (χ4v) is 8.12. The Morgan fingerprint density at radius 3 is 2.40 bits per heavy atom. The molecular formula is C41H33BrIN3O6S. The van der Waals surface area contributed by atoms with Crippen LogP contribution in [0.1, 0.15) is 35.2 Å². The molecule has 0 bridgehead atoms. The van der Waals surface area contributed by atoms with E-state index in [1.807, 2.05) is 84.9 Å². The number of ether oxygens (including phenoxy) is 3. The van der Waals surface area contributed by atoms with Crippen molar-refractivity contribution in [3.8, 4) is 17.2 Å². The third kappa shape index (κ3) is 9.18. The first-order valence-electron chi connectivity index (χ1n) is 16.4. The van der Waals surface area contributed by atoms with Crippen LogP contribution in [0, 0.1) is 3.57 Å². The maximum absolute atomic E-state index is 14.2. The number of nitrogens with zero attached hydrogens (tertiary/aromatic N) is 2. The van der Waals surface area contributed by atoms with Crippen molar-refractivity contribution in [2.75, 3.05) is 12.5 Å². The highest BCUT2D eigenvalue weighted by Crippen LogP contribution is 2.36. The first-order chi connectivity index (χ1) is 25.7. The minimum absolute atomic E-state index is 0.0908. The van der Waals surface area contributed by atoms with Crippen molar-refractivity contribution in [3.05, 3.63) is 163 Å². The third-order valence-corrected chi connectivity index (χ3v) is 10.4. The van der Waals surface area contributed by atoms with Gasteiger partial charge >= 0.3 is 0 Å². The van der Waals surface area contributed by atoms with E-state index in [0.717, 1.165) is 32.0 Å². The molecular weight excluding hydrogens is 869 g/mol. The first-order valence-corrected chi connectivity index (χ1v) is 19.3. The van der Waals surface area contributed by atoms with Gasteiger partial charge in [-0.3, -0.25) is 19.3 Å². The van der Waals surface area contributed by atoms with Gasteiger partial charge in [0.1, 0.15) is 17.9 Å². The summed E-state index contributed by atoms with van der Waals surface area (Å²) in [7, 11) is 0. The molecule has 2 heterocycles. The van der Waals surface area contributed by atoms with Gasteiger partial charge < -0.3 is 19.5 Å². The molecule has 0 saturated heterocycles. The van der Waals surface area contributed by atoms with Gasteiger partial charge in [-0.25, -0.2) is 0 Å². The molecule has 0 unspecified atom stereocenters. The zero-order chi connectivity index (χ0) is 37.3. The molecule has 0 aliphatic carbocycles. The van der Waals surface area contributed by atoms with Crippen LogP contribution in [0.3, 0.4) is 0 Å². The molecule has 6 rings (SSSR count). The molecule has 0 fully saturated rings. The zero-order valence-electron chi connectivity index (χ0n) is 28.5. The highest BCUT2D eigenvalue weighted by atomic mass is 127. The fraction of sp³-hybridized carbons (Fsp3) is 0.122. The van der Waals surface area contributed by atoms with Crippen LogP contribution < -0.4 is 19.5 Å². The van der Waals surface area contributed by atoms with Gasteiger partial charge in [-0.05, 0) is 104 Å². The fourth-order valence-electron chi connectivity index (χ4n) is 5.55. The van der Waals surface area contributed by atoms with E-state index in [2.05, 4.69) is 55.4 Å². The van der Waals surface area contributed by atoms with E-state index in [1.54, 1.807) is 37.3 Å². The van der Waals surface area contributed by atoms with E-state index in [0.29, 0.717) is 33.0 Å². The molecule has 4 aromatic carbocycles. The second kappa shape index (κ2) is 17.7. The van der Waals surface area contributed by atoms with Gasteiger partial charge in [0.05, 0.1) is 19.8 Å². The summed E-state index contributed by atoms with van der Waals surface area (Å²) >= 11 is 6.77. The molecule has 2 aliphatic heterocycles. The number of allylic oxidation sites excluding steroid dienone is 4. The van der Waals surface area contributed by atoms with Crippen LogP contribution >= 0.6 is 50.3 Å². The molecule has 0 saturated carbocycles. The molecule has 1 N–H and O–H groups in total. The lowest BCUT2D eigenvalue weighted by Crippen LogP contribution is -2.42. The van der Waals surface area contributed by atoms with Crippen LogP contribution in [0.5, 0.6) is 17.2 Å². The summed E-state index contributed by atoms with van der Waals surface area (Å²) in [5.74, 6) is 0.310. The summed E-state index contributed by atoms with van der Waals surface area (Å²) in [6.07, 6.45) is 8.21. The summed E-state index contributed by atoms with van der Waals surface area (Å²) in [5, 5.41) is 3.20. The molecule has 0 spiro atoms. The van der Waals surface area contributed by atoms with E-state index >= 15 is 0 Å². The lowest BCUT2D eigenvalue weighted by atomic mass is 9.99. The molecule has 3 amide bonds. The minimum atomic E-state index is -0.710. The van der Waals surface area contributed by atoms with Gasteiger partial charge in [0, 0.05) is 5.70 Å². The number of halogens is 2. The van der Waals surface area contributed by atoms with Gasteiger partial charge in [-0.2, -0.15) is 4.99 Å².